The molecule has 0 fully saturated rings. The molecule has 0 heterocycles. The summed E-state index contributed by atoms with van der Waals surface area (Å²) in [6.07, 6.45) is -6.78. The molecule has 0 rings (SSSR count). The number of aliphatic hydroxyl groups excluding tert-OH is 5. The van der Waals surface area contributed by atoms with Crippen LogP contribution in [-0.4, -0.2) is 73.5 Å². The Morgan fingerprint density at radius 3 is 1.78 bits per heavy atom. The molecule has 0 aromatic heterocycles. The van der Waals surface area contributed by atoms with Crippen LogP contribution in [0.4, 0.5) is 0 Å². The highest BCUT2D eigenvalue weighted by molar-refractivity contribution is 5.84. The number of carbonyl (C=O) groups excluding carboxylic acids is 1. The van der Waals surface area contributed by atoms with E-state index in [1.54, 1.807) is 0 Å². The summed E-state index contributed by atoms with van der Waals surface area (Å²) < 4.78 is 0. The largest absolute Gasteiger partial charge is 0.479 e. The molecule has 0 saturated heterocycles. The fourth-order valence-electron chi connectivity index (χ4n) is 0.668. The monoisotopic (exact) mass is 267 g/mol. The van der Waals surface area contributed by atoms with Crippen molar-refractivity contribution in [1.82, 2.24) is 0 Å². The van der Waals surface area contributed by atoms with Gasteiger partial charge in [-0.3, -0.25) is 4.79 Å². The Labute approximate surface area is 102 Å². The molecule has 0 aliphatic rings. The number of carbonyl (C=O) groups is 2. The Balaban J connectivity index is 0. The average molecular weight is 267 g/mol. The number of carboxylic acid groups (broad SMARTS) is 1. The Kier molecular flexibility index (Phi) is 9.94. The molecular formula is C9H17NO8. The van der Waals surface area contributed by atoms with Crippen molar-refractivity contribution in [2.45, 2.75) is 24.4 Å². The van der Waals surface area contributed by atoms with Crippen molar-refractivity contribution in [2.75, 3.05) is 6.61 Å². The third kappa shape index (κ3) is 7.70. The number of amides is 1. The van der Waals surface area contributed by atoms with Crippen molar-refractivity contribution in [2.24, 2.45) is 5.73 Å². The minimum absolute atomic E-state index is 0.481. The molecule has 0 radical (unpaired) electrons. The van der Waals surface area contributed by atoms with Crippen molar-refractivity contribution in [1.29, 1.82) is 0 Å². The van der Waals surface area contributed by atoms with Crippen molar-refractivity contribution in [3.05, 3.63) is 12.7 Å². The van der Waals surface area contributed by atoms with Crippen molar-refractivity contribution in [3.63, 3.8) is 0 Å². The fourth-order valence-corrected chi connectivity index (χ4v) is 0.668. The van der Waals surface area contributed by atoms with Crippen molar-refractivity contribution < 1.29 is 40.2 Å². The van der Waals surface area contributed by atoms with E-state index in [0.29, 0.717) is 0 Å². The van der Waals surface area contributed by atoms with Gasteiger partial charge in [-0.05, 0) is 6.08 Å². The van der Waals surface area contributed by atoms with Crippen LogP contribution >= 0.6 is 0 Å². The van der Waals surface area contributed by atoms with Crippen molar-refractivity contribution in [3.8, 4) is 0 Å². The van der Waals surface area contributed by atoms with Gasteiger partial charge in [0.15, 0.2) is 6.10 Å². The van der Waals surface area contributed by atoms with Gasteiger partial charge >= 0.3 is 5.97 Å². The summed E-state index contributed by atoms with van der Waals surface area (Å²) in [5.41, 5.74) is 4.53. The first-order chi connectivity index (χ1) is 8.18. The van der Waals surface area contributed by atoms with E-state index in [-0.39, 0.29) is 0 Å². The topological polar surface area (TPSA) is 182 Å². The molecule has 0 bridgehead atoms. The van der Waals surface area contributed by atoms with Crippen LogP contribution in [0.15, 0.2) is 12.7 Å². The number of hydrogen-bond acceptors (Lipinski definition) is 7. The summed E-state index contributed by atoms with van der Waals surface area (Å²) in [5, 5.41) is 51.8. The van der Waals surface area contributed by atoms with Gasteiger partial charge in [-0.25, -0.2) is 4.79 Å². The Bertz CT molecular complexity index is 282. The summed E-state index contributed by atoms with van der Waals surface area (Å²) in [4.78, 5) is 19.6. The van der Waals surface area contributed by atoms with E-state index in [0.717, 1.165) is 6.08 Å². The van der Waals surface area contributed by atoms with Crippen LogP contribution in [0, 0.1) is 0 Å². The lowest BCUT2D eigenvalue weighted by atomic mass is 10.0. The lowest BCUT2D eigenvalue weighted by Crippen LogP contribution is -2.48. The zero-order valence-electron chi connectivity index (χ0n) is 9.38. The zero-order valence-corrected chi connectivity index (χ0v) is 9.38. The summed E-state index contributed by atoms with van der Waals surface area (Å²) in [6, 6.07) is 0. The number of aliphatic hydroxyl groups is 5. The maximum atomic E-state index is 10.1. The van der Waals surface area contributed by atoms with Gasteiger partial charge in [-0.15, -0.1) is 0 Å². The third-order valence-corrected chi connectivity index (χ3v) is 1.71. The summed E-state index contributed by atoms with van der Waals surface area (Å²) in [5.74, 6) is -2.21. The van der Waals surface area contributed by atoms with Gasteiger partial charge in [-0.1, -0.05) is 6.58 Å². The molecule has 18 heavy (non-hydrogen) atoms. The van der Waals surface area contributed by atoms with E-state index in [1.807, 2.05) is 0 Å². The molecule has 0 saturated carbocycles. The summed E-state index contributed by atoms with van der Waals surface area (Å²) >= 11 is 0. The number of nitrogens with two attached hydrogens (primary N) is 1. The number of primary amides is 1. The minimum atomic E-state index is -2.20. The van der Waals surface area contributed by atoms with Crippen LogP contribution in [0.25, 0.3) is 0 Å². The molecule has 9 heteroatoms. The molecule has 4 atom stereocenters. The highest BCUT2D eigenvalue weighted by atomic mass is 16.4. The average Bonchev–Trinajstić information content (AvgIpc) is 2.35. The molecule has 106 valence electrons. The highest BCUT2D eigenvalue weighted by Gasteiger charge is 2.33. The van der Waals surface area contributed by atoms with E-state index in [1.165, 1.54) is 0 Å². The number of carboxylic acids is 1. The van der Waals surface area contributed by atoms with E-state index in [9.17, 15) is 9.59 Å². The fraction of sp³-hybridized carbons (Fsp3) is 0.556. The van der Waals surface area contributed by atoms with E-state index < -0.39 is 42.9 Å². The molecule has 9 nitrogen and oxygen atoms in total. The first kappa shape index (κ1) is 18.8. The predicted octanol–water partition coefficient (Wildman–Crippen LogP) is -3.84. The molecule has 0 aromatic rings. The van der Waals surface area contributed by atoms with Gasteiger partial charge in [0.25, 0.3) is 0 Å². The lowest BCUT2D eigenvalue weighted by Gasteiger charge is -2.23. The second kappa shape index (κ2) is 9.50. The van der Waals surface area contributed by atoms with E-state index >= 15 is 0 Å². The molecule has 0 aliphatic heterocycles. The smallest absolute Gasteiger partial charge is 0.335 e. The SMILES string of the molecule is C=CC(N)=O.O=C(O)C(O)C(O)C(O)C(O)CO. The number of hydrogen-bond donors (Lipinski definition) is 7. The molecule has 8 N–H and O–H groups in total. The Morgan fingerprint density at radius 2 is 1.56 bits per heavy atom. The van der Waals surface area contributed by atoms with Crippen LogP contribution in [-0.2, 0) is 9.59 Å². The minimum Gasteiger partial charge on any atom is -0.479 e. The quantitative estimate of drug-likeness (QED) is 0.239. The van der Waals surface area contributed by atoms with Gasteiger partial charge in [0.05, 0.1) is 6.61 Å². The first-order valence-electron chi connectivity index (χ1n) is 4.66. The molecular weight excluding hydrogens is 250 g/mol. The van der Waals surface area contributed by atoms with Crippen LogP contribution in [0.3, 0.4) is 0 Å². The number of aliphatic carboxylic acids is 1. The standard InChI is InChI=1S/C6H12O7.C3H5NO/c7-1-2(8)3(9)4(10)5(11)6(12)13;1-2-3(4)5/h2-5,7-11H,1H2,(H,12,13);2H,1H2,(H2,4,5). The van der Waals surface area contributed by atoms with Crippen LogP contribution in [0.2, 0.25) is 0 Å². The van der Waals surface area contributed by atoms with Gasteiger partial charge in [0.1, 0.15) is 18.3 Å². The van der Waals surface area contributed by atoms with E-state index in [4.69, 9.17) is 30.6 Å². The van der Waals surface area contributed by atoms with Crippen LogP contribution in [0.1, 0.15) is 0 Å². The summed E-state index contributed by atoms with van der Waals surface area (Å²) in [6.45, 7) is 2.24. The van der Waals surface area contributed by atoms with Gasteiger partial charge in [0, 0.05) is 0 Å². The normalized spacial score (nSPS) is 16.5. The van der Waals surface area contributed by atoms with E-state index in [2.05, 4.69) is 12.3 Å². The second-order valence-electron chi connectivity index (χ2n) is 3.12. The first-order valence-corrected chi connectivity index (χ1v) is 4.66. The van der Waals surface area contributed by atoms with Crippen LogP contribution in [0.5, 0.6) is 0 Å². The molecule has 0 aromatic carbocycles. The lowest BCUT2D eigenvalue weighted by molar-refractivity contribution is -0.164. The molecule has 0 spiro atoms. The molecule has 1 amide bonds. The second-order valence-corrected chi connectivity index (χ2v) is 3.12. The van der Waals surface area contributed by atoms with Crippen LogP contribution < -0.4 is 5.73 Å². The van der Waals surface area contributed by atoms with Gasteiger partial charge in [-0.2, -0.15) is 0 Å². The Morgan fingerprint density at radius 1 is 1.17 bits per heavy atom. The zero-order chi connectivity index (χ0) is 14.9. The van der Waals surface area contributed by atoms with Gasteiger partial charge < -0.3 is 36.4 Å². The maximum absolute atomic E-state index is 10.1. The van der Waals surface area contributed by atoms with Crippen molar-refractivity contribution >= 4 is 11.9 Å². The third-order valence-electron chi connectivity index (χ3n) is 1.71. The summed E-state index contributed by atoms with van der Waals surface area (Å²) in [7, 11) is 0. The Hall–Kier alpha value is -1.52. The predicted molar refractivity (Wildman–Crippen MR) is 58.1 cm³/mol. The highest BCUT2D eigenvalue weighted by Crippen LogP contribution is 2.04. The maximum Gasteiger partial charge on any atom is 0.335 e. The number of rotatable bonds is 6. The van der Waals surface area contributed by atoms with Gasteiger partial charge in [0.2, 0.25) is 5.91 Å². The molecule has 4 unspecified atom stereocenters. The molecule has 0 aliphatic carbocycles.